The summed E-state index contributed by atoms with van der Waals surface area (Å²) in [5.41, 5.74) is 2.00. The molecule has 6 heteroatoms. The fraction of sp³-hybridized carbons (Fsp3) is 0.308. The number of anilines is 2. The summed E-state index contributed by atoms with van der Waals surface area (Å²) in [6.45, 7) is 4.13. The van der Waals surface area contributed by atoms with Gasteiger partial charge in [-0.2, -0.15) is 5.10 Å². The van der Waals surface area contributed by atoms with Gasteiger partial charge in [-0.25, -0.2) is 9.78 Å². The quantitative estimate of drug-likeness (QED) is 0.882. The van der Waals surface area contributed by atoms with Crippen LogP contribution >= 0.6 is 0 Å². The number of hydrogen-bond donors (Lipinski definition) is 2. The molecule has 0 aliphatic carbocycles. The normalized spacial score (nSPS) is 10.7. The highest BCUT2D eigenvalue weighted by molar-refractivity contribution is 5.87. The SMILES string of the molecule is CC(C)c1nn(C)cc1Nc1ccc(C(=O)O)cn1. The Morgan fingerprint density at radius 2 is 2.16 bits per heavy atom. The summed E-state index contributed by atoms with van der Waals surface area (Å²) in [5, 5.41) is 16.3. The largest absolute Gasteiger partial charge is 0.478 e. The standard InChI is InChI=1S/C13H16N4O2/c1-8(2)12-10(7-17(3)16-12)15-11-5-4-9(6-14-11)13(18)19/h4-8H,1-3H3,(H,14,15)(H,18,19). The molecule has 0 atom stereocenters. The van der Waals surface area contributed by atoms with Gasteiger partial charge in [-0.1, -0.05) is 13.8 Å². The molecule has 2 heterocycles. The predicted molar refractivity (Wildman–Crippen MR) is 71.8 cm³/mol. The number of aromatic carboxylic acids is 1. The van der Waals surface area contributed by atoms with Crippen molar-refractivity contribution in [2.24, 2.45) is 7.05 Å². The van der Waals surface area contributed by atoms with Crippen LogP contribution in [0.3, 0.4) is 0 Å². The molecule has 2 N–H and O–H groups in total. The number of nitrogens with one attached hydrogen (secondary N) is 1. The highest BCUT2D eigenvalue weighted by atomic mass is 16.4. The Morgan fingerprint density at radius 3 is 2.68 bits per heavy atom. The van der Waals surface area contributed by atoms with Gasteiger partial charge >= 0.3 is 5.97 Å². The van der Waals surface area contributed by atoms with Gasteiger partial charge in [0.15, 0.2) is 0 Å². The van der Waals surface area contributed by atoms with Crippen molar-refractivity contribution in [2.45, 2.75) is 19.8 Å². The number of aromatic nitrogens is 3. The number of carbonyl (C=O) groups is 1. The molecule has 0 aliphatic heterocycles. The first kappa shape index (κ1) is 13.1. The first-order valence-corrected chi connectivity index (χ1v) is 5.97. The smallest absolute Gasteiger partial charge is 0.337 e. The maximum atomic E-state index is 10.7. The average molecular weight is 260 g/mol. The molecule has 0 saturated heterocycles. The van der Waals surface area contributed by atoms with E-state index in [1.54, 1.807) is 10.7 Å². The van der Waals surface area contributed by atoms with E-state index >= 15 is 0 Å². The van der Waals surface area contributed by atoms with Crippen LogP contribution in [0.25, 0.3) is 0 Å². The maximum Gasteiger partial charge on any atom is 0.337 e. The van der Waals surface area contributed by atoms with Gasteiger partial charge in [0, 0.05) is 19.4 Å². The Labute approximate surface area is 111 Å². The summed E-state index contributed by atoms with van der Waals surface area (Å²) >= 11 is 0. The van der Waals surface area contributed by atoms with Gasteiger partial charge in [0.1, 0.15) is 5.82 Å². The van der Waals surface area contributed by atoms with Gasteiger partial charge in [-0.3, -0.25) is 4.68 Å². The van der Waals surface area contributed by atoms with Crippen molar-refractivity contribution in [1.29, 1.82) is 0 Å². The Bertz CT molecular complexity index is 587. The monoisotopic (exact) mass is 260 g/mol. The van der Waals surface area contributed by atoms with Gasteiger partial charge in [-0.15, -0.1) is 0 Å². The minimum Gasteiger partial charge on any atom is -0.478 e. The lowest BCUT2D eigenvalue weighted by atomic mass is 10.1. The molecular weight excluding hydrogens is 244 g/mol. The number of carboxylic acid groups (broad SMARTS) is 1. The van der Waals surface area contributed by atoms with E-state index in [-0.39, 0.29) is 5.56 Å². The van der Waals surface area contributed by atoms with E-state index in [1.807, 2.05) is 13.2 Å². The summed E-state index contributed by atoms with van der Waals surface area (Å²) in [5.74, 6) is -0.0924. The summed E-state index contributed by atoms with van der Waals surface area (Å²) in [6.07, 6.45) is 3.21. The molecule has 100 valence electrons. The molecule has 0 saturated carbocycles. The van der Waals surface area contributed by atoms with E-state index in [0.717, 1.165) is 11.4 Å². The molecule has 0 radical (unpaired) electrons. The fourth-order valence-electron chi connectivity index (χ4n) is 1.76. The lowest BCUT2D eigenvalue weighted by Crippen LogP contribution is -2.00. The molecule has 2 aromatic rings. The third-order valence-corrected chi connectivity index (χ3v) is 2.68. The summed E-state index contributed by atoms with van der Waals surface area (Å²) in [6, 6.07) is 3.16. The van der Waals surface area contributed by atoms with Gasteiger partial charge < -0.3 is 10.4 Å². The van der Waals surface area contributed by atoms with Crippen molar-refractivity contribution in [3.05, 3.63) is 35.8 Å². The third kappa shape index (κ3) is 2.90. The van der Waals surface area contributed by atoms with E-state index in [0.29, 0.717) is 11.7 Å². The maximum absolute atomic E-state index is 10.7. The van der Waals surface area contributed by atoms with Gasteiger partial charge in [0.2, 0.25) is 0 Å². The molecule has 19 heavy (non-hydrogen) atoms. The van der Waals surface area contributed by atoms with Crippen molar-refractivity contribution in [1.82, 2.24) is 14.8 Å². The van der Waals surface area contributed by atoms with Crippen molar-refractivity contribution in [3.63, 3.8) is 0 Å². The van der Waals surface area contributed by atoms with Crippen LogP contribution in [0.5, 0.6) is 0 Å². The van der Waals surface area contributed by atoms with Crippen LogP contribution in [-0.4, -0.2) is 25.8 Å². The third-order valence-electron chi connectivity index (χ3n) is 2.68. The van der Waals surface area contributed by atoms with Crippen LogP contribution in [-0.2, 0) is 7.05 Å². The van der Waals surface area contributed by atoms with Crippen molar-refractivity contribution >= 4 is 17.5 Å². The van der Waals surface area contributed by atoms with Crippen LogP contribution < -0.4 is 5.32 Å². The van der Waals surface area contributed by atoms with Gasteiger partial charge in [0.25, 0.3) is 0 Å². The van der Waals surface area contributed by atoms with Crippen LogP contribution in [0, 0.1) is 0 Å². The second-order valence-electron chi connectivity index (χ2n) is 4.62. The molecule has 0 unspecified atom stereocenters. The Balaban J connectivity index is 2.23. The van der Waals surface area contributed by atoms with Crippen molar-refractivity contribution in [3.8, 4) is 0 Å². The van der Waals surface area contributed by atoms with E-state index < -0.39 is 5.97 Å². The van der Waals surface area contributed by atoms with Crippen LogP contribution in [0.4, 0.5) is 11.5 Å². The summed E-state index contributed by atoms with van der Waals surface area (Å²) in [7, 11) is 1.86. The highest BCUT2D eigenvalue weighted by Gasteiger charge is 2.12. The Hall–Kier alpha value is -2.37. The molecule has 0 aromatic carbocycles. The summed E-state index contributed by atoms with van der Waals surface area (Å²) in [4.78, 5) is 14.8. The van der Waals surface area contributed by atoms with Crippen LogP contribution in [0.15, 0.2) is 24.5 Å². The molecular formula is C13H16N4O2. The minimum atomic E-state index is -0.983. The number of aryl methyl sites for hydroxylation is 1. The molecule has 2 rings (SSSR count). The Kier molecular flexibility index (Phi) is 3.50. The number of hydrogen-bond acceptors (Lipinski definition) is 4. The van der Waals surface area contributed by atoms with Gasteiger partial charge in [0.05, 0.1) is 16.9 Å². The van der Waals surface area contributed by atoms with Gasteiger partial charge in [-0.05, 0) is 18.1 Å². The Morgan fingerprint density at radius 1 is 1.42 bits per heavy atom. The minimum absolute atomic E-state index is 0.167. The van der Waals surface area contributed by atoms with E-state index in [4.69, 9.17) is 5.11 Å². The zero-order valence-electron chi connectivity index (χ0n) is 11.1. The second kappa shape index (κ2) is 5.09. The van der Waals surface area contributed by atoms with Crippen LogP contribution in [0.2, 0.25) is 0 Å². The topological polar surface area (TPSA) is 80.0 Å². The summed E-state index contributed by atoms with van der Waals surface area (Å²) < 4.78 is 1.74. The average Bonchev–Trinajstić information content (AvgIpc) is 2.71. The molecule has 6 nitrogen and oxygen atoms in total. The van der Waals surface area contributed by atoms with E-state index in [2.05, 4.69) is 29.2 Å². The van der Waals surface area contributed by atoms with E-state index in [1.165, 1.54) is 12.3 Å². The van der Waals surface area contributed by atoms with E-state index in [9.17, 15) is 4.79 Å². The molecule has 0 spiro atoms. The highest BCUT2D eigenvalue weighted by Crippen LogP contribution is 2.24. The molecule has 0 aliphatic rings. The molecule has 0 amide bonds. The van der Waals surface area contributed by atoms with Crippen LogP contribution in [0.1, 0.15) is 35.8 Å². The number of rotatable bonds is 4. The predicted octanol–water partition coefficient (Wildman–Crippen LogP) is 2.38. The molecule has 0 fully saturated rings. The number of pyridine rings is 1. The fourth-order valence-corrected chi connectivity index (χ4v) is 1.76. The lowest BCUT2D eigenvalue weighted by Gasteiger charge is -2.07. The lowest BCUT2D eigenvalue weighted by molar-refractivity contribution is 0.0696. The second-order valence-corrected chi connectivity index (χ2v) is 4.62. The first-order valence-electron chi connectivity index (χ1n) is 5.97. The number of carboxylic acids is 1. The first-order chi connectivity index (χ1) is 8.97. The molecule has 0 bridgehead atoms. The number of nitrogens with zero attached hydrogens (tertiary/aromatic N) is 3. The molecule has 2 aromatic heterocycles. The van der Waals surface area contributed by atoms with Crippen molar-refractivity contribution in [2.75, 3.05) is 5.32 Å². The zero-order chi connectivity index (χ0) is 14.0. The van der Waals surface area contributed by atoms with Crippen molar-refractivity contribution < 1.29 is 9.90 Å². The zero-order valence-corrected chi connectivity index (χ0v) is 11.1.